The first-order chi connectivity index (χ1) is 20.4. The van der Waals surface area contributed by atoms with E-state index in [0.29, 0.717) is 29.9 Å². The van der Waals surface area contributed by atoms with Crippen molar-refractivity contribution >= 4 is 39.9 Å². The number of carbonyl (C=O) groups excluding carboxylic acids is 3. The standard InChI is InChI=1S/C33H46BrN3O5/c1-3-5-6-7-8-9-10-11-12-13-14-15-31(38)35-25-32(39)37-36-24-27-23-28(34)18-21-30(27)42-33(40)26-16-19-29(20-17-26)41-22-4-2/h16-21,23-24H,3-15,22,25H2,1-2H3,(H,35,38)(H,37,39)/b36-24+. The van der Waals surface area contributed by atoms with Crippen LogP contribution >= 0.6 is 15.9 Å². The van der Waals surface area contributed by atoms with Gasteiger partial charge >= 0.3 is 5.97 Å². The van der Waals surface area contributed by atoms with Crippen LogP contribution in [0.25, 0.3) is 0 Å². The molecular formula is C33H46BrN3O5. The zero-order valence-electron chi connectivity index (χ0n) is 25.1. The number of benzene rings is 2. The van der Waals surface area contributed by atoms with Crippen LogP contribution in [-0.2, 0) is 9.59 Å². The molecule has 42 heavy (non-hydrogen) atoms. The highest BCUT2D eigenvalue weighted by atomic mass is 79.9. The van der Waals surface area contributed by atoms with Crippen LogP contribution in [0.2, 0.25) is 0 Å². The fraction of sp³-hybridized carbons (Fsp3) is 0.515. The van der Waals surface area contributed by atoms with Gasteiger partial charge in [-0.25, -0.2) is 10.2 Å². The van der Waals surface area contributed by atoms with E-state index in [2.05, 4.69) is 38.7 Å². The van der Waals surface area contributed by atoms with Gasteiger partial charge in [0.25, 0.3) is 5.91 Å². The first-order valence-corrected chi connectivity index (χ1v) is 16.1. The Morgan fingerprint density at radius 1 is 0.810 bits per heavy atom. The van der Waals surface area contributed by atoms with Crippen molar-refractivity contribution in [1.82, 2.24) is 10.7 Å². The Morgan fingerprint density at radius 2 is 1.45 bits per heavy atom. The molecule has 9 heteroatoms. The van der Waals surface area contributed by atoms with Crippen molar-refractivity contribution in [2.24, 2.45) is 5.10 Å². The molecule has 0 aliphatic rings. The highest BCUT2D eigenvalue weighted by Gasteiger charge is 2.12. The second-order valence-corrected chi connectivity index (χ2v) is 11.2. The molecule has 0 unspecified atom stereocenters. The lowest BCUT2D eigenvalue weighted by molar-refractivity contribution is -0.126. The average Bonchev–Trinajstić information content (AvgIpc) is 2.99. The van der Waals surface area contributed by atoms with Gasteiger partial charge in [-0.05, 0) is 55.3 Å². The molecule has 2 aromatic carbocycles. The normalized spacial score (nSPS) is 10.9. The first-order valence-electron chi connectivity index (χ1n) is 15.3. The van der Waals surface area contributed by atoms with Crippen LogP contribution < -0.4 is 20.2 Å². The number of hydrazone groups is 1. The van der Waals surface area contributed by atoms with Gasteiger partial charge in [0.05, 0.1) is 24.9 Å². The predicted molar refractivity (Wildman–Crippen MR) is 171 cm³/mol. The molecule has 2 aromatic rings. The van der Waals surface area contributed by atoms with E-state index < -0.39 is 11.9 Å². The topological polar surface area (TPSA) is 106 Å². The van der Waals surface area contributed by atoms with Gasteiger partial charge in [-0.3, -0.25) is 9.59 Å². The van der Waals surface area contributed by atoms with Crippen molar-refractivity contribution < 1.29 is 23.9 Å². The van der Waals surface area contributed by atoms with Crippen LogP contribution in [0.4, 0.5) is 0 Å². The number of nitrogens with zero attached hydrogens (tertiary/aromatic N) is 1. The van der Waals surface area contributed by atoms with Crippen molar-refractivity contribution in [3.63, 3.8) is 0 Å². The van der Waals surface area contributed by atoms with E-state index in [4.69, 9.17) is 9.47 Å². The van der Waals surface area contributed by atoms with E-state index in [1.54, 1.807) is 42.5 Å². The molecule has 2 N–H and O–H groups in total. The largest absolute Gasteiger partial charge is 0.494 e. The molecule has 0 spiro atoms. The fourth-order valence-corrected chi connectivity index (χ4v) is 4.59. The summed E-state index contributed by atoms with van der Waals surface area (Å²) in [5.74, 6) is -0.147. The zero-order chi connectivity index (χ0) is 30.4. The third-order valence-corrected chi connectivity index (χ3v) is 7.08. The molecule has 0 saturated heterocycles. The third-order valence-electron chi connectivity index (χ3n) is 6.58. The summed E-state index contributed by atoms with van der Waals surface area (Å²) in [6.45, 7) is 4.70. The van der Waals surface area contributed by atoms with Crippen molar-refractivity contribution in [3.8, 4) is 11.5 Å². The van der Waals surface area contributed by atoms with Gasteiger partial charge < -0.3 is 14.8 Å². The van der Waals surface area contributed by atoms with E-state index in [0.717, 1.165) is 30.2 Å². The van der Waals surface area contributed by atoms with E-state index >= 15 is 0 Å². The summed E-state index contributed by atoms with van der Waals surface area (Å²) < 4.78 is 11.9. The van der Waals surface area contributed by atoms with E-state index in [1.807, 2.05) is 6.92 Å². The monoisotopic (exact) mass is 643 g/mol. The van der Waals surface area contributed by atoms with Crippen molar-refractivity contribution in [2.45, 2.75) is 97.3 Å². The molecule has 0 aliphatic heterocycles. The summed E-state index contributed by atoms with van der Waals surface area (Å²) >= 11 is 3.40. The van der Waals surface area contributed by atoms with Gasteiger partial charge in [0.2, 0.25) is 5.91 Å². The summed E-state index contributed by atoms with van der Waals surface area (Å²) in [5.41, 5.74) is 3.26. The molecule has 0 saturated carbocycles. The lowest BCUT2D eigenvalue weighted by Gasteiger charge is -2.09. The summed E-state index contributed by atoms with van der Waals surface area (Å²) in [6, 6.07) is 11.8. The van der Waals surface area contributed by atoms with Crippen LogP contribution in [0.1, 0.15) is 113 Å². The molecule has 0 atom stereocenters. The first kappa shape index (κ1) is 35.0. The molecule has 0 heterocycles. The van der Waals surface area contributed by atoms with Gasteiger partial charge in [-0.1, -0.05) is 94.0 Å². The minimum Gasteiger partial charge on any atom is -0.494 e. The van der Waals surface area contributed by atoms with E-state index in [9.17, 15) is 14.4 Å². The second-order valence-electron chi connectivity index (χ2n) is 10.3. The molecule has 2 rings (SSSR count). The minimum atomic E-state index is -0.529. The maximum Gasteiger partial charge on any atom is 0.343 e. The van der Waals surface area contributed by atoms with E-state index in [1.165, 1.54) is 57.6 Å². The summed E-state index contributed by atoms with van der Waals surface area (Å²) in [7, 11) is 0. The third kappa shape index (κ3) is 15.1. The Bertz CT molecular complexity index is 1120. The highest BCUT2D eigenvalue weighted by Crippen LogP contribution is 2.23. The van der Waals surface area contributed by atoms with Gasteiger partial charge in [0.1, 0.15) is 11.5 Å². The quantitative estimate of drug-likeness (QED) is 0.0476. The number of esters is 1. The van der Waals surface area contributed by atoms with Gasteiger partial charge in [-0.2, -0.15) is 5.10 Å². The summed E-state index contributed by atoms with van der Waals surface area (Å²) in [4.78, 5) is 36.9. The van der Waals surface area contributed by atoms with Gasteiger partial charge in [0, 0.05) is 16.5 Å². The van der Waals surface area contributed by atoms with Crippen molar-refractivity contribution in [1.29, 1.82) is 0 Å². The average molecular weight is 645 g/mol. The molecular weight excluding hydrogens is 598 g/mol. The highest BCUT2D eigenvalue weighted by molar-refractivity contribution is 9.10. The van der Waals surface area contributed by atoms with Crippen LogP contribution in [0, 0.1) is 0 Å². The Balaban J connectivity index is 1.68. The van der Waals surface area contributed by atoms with Gasteiger partial charge in [0.15, 0.2) is 0 Å². The number of carbonyl (C=O) groups is 3. The number of halogens is 1. The molecule has 0 bridgehead atoms. The number of unbranched alkanes of at least 4 members (excludes halogenated alkanes) is 10. The zero-order valence-corrected chi connectivity index (χ0v) is 26.7. The number of rotatable bonds is 21. The number of hydrogen-bond donors (Lipinski definition) is 2. The van der Waals surface area contributed by atoms with Crippen LogP contribution in [0.15, 0.2) is 52.0 Å². The van der Waals surface area contributed by atoms with Crippen LogP contribution in [0.3, 0.4) is 0 Å². The lowest BCUT2D eigenvalue weighted by atomic mass is 10.1. The SMILES string of the molecule is CCCCCCCCCCCCCC(=O)NCC(=O)N/N=C/c1cc(Br)ccc1OC(=O)c1ccc(OCCC)cc1. The smallest absolute Gasteiger partial charge is 0.343 e. The molecule has 0 radical (unpaired) electrons. The second kappa shape index (κ2) is 21.5. The molecule has 2 amide bonds. The molecule has 0 aliphatic carbocycles. The number of ether oxygens (including phenoxy) is 2. The summed E-state index contributed by atoms with van der Waals surface area (Å²) in [6.07, 6.45) is 16.1. The Labute approximate surface area is 259 Å². The maximum atomic E-state index is 12.7. The number of hydrogen-bond acceptors (Lipinski definition) is 6. The number of amides is 2. The molecule has 0 fully saturated rings. The minimum absolute atomic E-state index is 0.142. The van der Waals surface area contributed by atoms with Crippen molar-refractivity contribution in [3.05, 3.63) is 58.1 Å². The number of nitrogens with one attached hydrogen (secondary N) is 2. The fourth-order valence-electron chi connectivity index (χ4n) is 4.21. The predicted octanol–water partition coefficient (Wildman–Crippen LogP) is 7.72. The molecule has 0 aromatic heterocycles. The van der Waals surface area contributed by atoms with Crippen molar-refractivity contribution in [2.75, 3.05) is 13.2 Å². The molecule has 230 valence electrons. The Kier molecular flexibility index (Phi) is 17.9. The maximum absolute atomic E-state index is 12.7. The Morgan fingerprint density at radius 3 is 2.10 bits per heavy atom. The van der Waals surface area contributed by atoms with Gasteiger partial charge in [-0.15, -0.1) is 0 Å². The van der Waals surface area contributed by atoms with Crippen LogP contribution in [0.5, 0.6) is 11.5 Å². The van der Waals surface area contributed by atoms with Crippen LogP contribution in [-0.4, -0.2) is 37.1 Å². The molecule has 8 nitrogen and oxygen atoms in total. The summed E-state index contributed by atoms with van der Waals surface area (Å²) in [5, 5.41) is 6.60. The van der Waals surface area contributed by atoms with E-state index in [-0.39, 0.29) is 18.2 Å². The Hall–Kier alpha value is -3.20. The lowest BCUT2D eigenvalue weighted by Crippen LogP contribution is -2.34.